The van der Waals surface area contributed by atoms with Crippen molar-refractivity contribution in [1.82, 2.24) is 10.6 Å². The Bertz CT molecular complexity index is 818. The summed E-state index contributed by atoms with van der Waals surface area (Å²) in [5, 5.41) is 5.01. The van der Waals surface area contributed by atoms with Gasteiger partial charge in [0.05, 0.1) is 27.0 Å². The van der Waals surface area contributed by atoms with Crippen LogP contribution in [0.4, 0.5) is 0 Å². The Morgan fingerprint density at radius 2 is 1.82 bits per heavy atom. The van der Waals surface area contributed by atoms with E-state index in [9.17, 15) is 14.4 Å². The lowest BCUT2D eigenvalue weighted by Crippen LogP contribution is -2.38. The maximum atomic E-state index is 12.2. The minimum Gasteiger partial charge on any atom is -0.493 e. The highest BCUT2D eigenvalue weighted by atomic mass is 16.5. The van der Waals surface area contributed by atoms with Gasteiger partial charge in [0.2, 0.25) is 0 Å². The van der Waals surface area contributed by atoms with Crippen molar-refractivity contribution in [3.63, 3.8) is 0 Å². The number of nitrogens with one attached hydrogen (secondary N) is 2. The van der Waals surface area contributed by atoms with Crippen molar-refractivity contribution in [2.24, 2.45) is 0 Å². The van der Waals surface area contributed by atoms with Crippen molar-refractivity contribution >= 4 is 17.8 Å². The second-order valence-electron chi connectivity index (χ2n) is 5.68. The maximum Gasteiger partial charge on any atom is 0.326 e. The third kappa shape index (κ3) is 5.76. The van der Waals surface area contributed by atoms with Gasteiger partial charge in [0.15, 0.2) is 17.6 Å². The van der Waals surface area contributed by atoms with Gasteiger partial charge in [-0.2, -0.15) is 0 Å². The number of benzene rings is 1. The molecule has 0 radical (unpaired) electrons. The molecule has 1 atom stereocenters. The van der Waals surface area contributed by atoms with E-state index in [0.717, 1.165) is 0 Å². The Kier molecular flexibility index (Phi) is 7.44. The van der Waals surface area contributed by atoms with Crippen LogP contribution < -0.4 is 20.1 Å². The Morgan fingerprint density at radius 3 is 2.46 bits per heavy atom. The fourth-order valence-corrected chi connectivity index (χ4v) is 2.26. The Balaban J connectivity index is 1.79. The lowest BCUT2D eigenvalue weighted by atomic mass is 10.2. The number of hydrogen-bond acceptors (Lipinski definition) is 7. The van der Waals surface area contributed by atoms with Gasteiger partial charge >= 0.3 is 5.97 Å². The Labute approximate surface area is 161 Å². The highest BCUT2D eigenvalue weighted by Gasteiger charge is 2.19. The van der Waals surface area contributed by atoms with E-state index < -0.39 is 23.9 Å². The van der Waals surface area contributed by atoms with Crippen LogP contribution in [0.2, 0.25) is 0 Å². The first-order valence-corrected chi connectivity index (χ1v) is 8.44. The van der Waals surface area contributed by atoms with Crippen molar-refractivity contribution < 1.29 is 33.0 Å². The van der Waals surface area contributed by atoms with Gasteiger partial charge in [-0.3, -0.25) is 14.4 Å². The molecule has 1 unspecified atom stereocenters. The minimum absolute atomic E-state index is 0.184. The summed E-state index contributed by atoms with van der Waals surface area (Å²) in [7, 11) is 2.94. The van der Waals surface area contributed by atoms with Gasteiger partial charge in [0, 0.05) is 5.56 Å². The molecule has 0 spiro atoms. The van der Waals surface area contributed by atoms with Crippen LogP contribution in [-0.4, -0.2) is 44.7 Å². The smallest absolute Gasteiger partial charge is 0.326 e. The fraction of sp³-hybridized carbons (Fsp3) is 0.316. The maximum absolute atomic E-state index is 12.2. The van der Waals surface area contributed by atoms with Crippen LogP contribution in [0.3, 0.4) is 0 Å². The molecule has 0 aliphatic heterocycles. The molecule has 2 rings (SSSR count). The quantitative estimate of drug-likeness (QED) is 0.620. The molecule has 0 aliphatic rings. The van der Waals surface area contributed by atoms with Crippen LogP contribution in [0, 0.1) is 0 Å². The lowest BCUT2D eigenvalue weighted by Gasteiger charge is -2.13. The molecule has 0 bridgehead atoms. The first-order valence-electron chi connectivity index (χ1n) is 8.44. The molecular formula is C19H22N2O7. The summed E-state index contributed by atoms with van der Waals surface area (Å²) in [6.45, 7) is 1.23. The number of esters is 1. The monoisotopic (exact) mass is 390 g/mol. The number of amides is 2. The average Bonchev–Trinajstić information content (AvgIpc) is 3.23. The van der Waals surface area contributed by atoms with E-state index in [-0.39, 0.29) is 18.7 Å². The number of furan rings is 1. The van der Waals surface area contributed by atoms with E-state index in [0.29, 0.717) is 17.3 Å². The molecule has 9 nitrogen and oxygen atoms in total. The van der Waals surface area contributed by atoms with Gasteiger partial charge < -0.3 is 29.3 Å². The summed E-state index contributed by atoms with van der Waals surface area (Å²) in [5.74, 6) is -0.264. The average molecular weight is 390 g/mol. The van der Waals surface area contributed by atoms with Crippen molar-refractivity contribution in [2.75, 3.05) is 20.8 Å². The summed E-state index contributed by atoms with van der Waals surface area (Å²) in [6.07, 6.45) is 0.479. The van der Waals surface area contributed by atoms with E-state index >= 15 is 0 Å². The number of methoxy groups -OCH3 is 2. The zero-order valence-corrected chi connectivity index (χ0v) is 15.8. The molecule has 1 aromatic carbocycles. The van der Waals surface area contributed by atoms with Crippen LogP contribution in [-0.2, 0) is 20.9 Å². The van der Waals surface area contributed by atoms with E-state index in [1.54, 1.807) is 18.2 Å². The van der Waals surface area contributed by atoms with Gasteiger partial charge in [-0.15, -0.1) is 0 Å². The molecule has 0 saturated heterocycles. The molecule has 150 valence electrons. The highest BCUT2D eigenvalue weighted by molar-refractivity contribution is 5.96. The van der Waals surface area contributed by atoms with Crippen LogP contribution in [0.1, 0.15) is 23.0 Å². The van der Waals surface area contributed by atoms with Crippen molar-refractivity contribution in [3.8, 4) is 11.5 Å². The second kappa shape index (κ2) is 10.0. The predicted molar refractivity (Wildman–Crippen MR) is 98.0 cm³/mol. The summed E-state index contributed by atoms with van der Waals surface area (Å²) >= 11 is 0. The molecule has 28 heavy (non-hydrogen) atoms. The number of carbonyl (C=O) groups is 3. The van der Waals surface area contributed by atoms with Gasteiger partial charge in [-0.05, 0) is 37.3 Å². The van der Waals surface area contributed by atoms with E-state index in [1.807, 2.05) is 0 Å². The summed E-state index contributed by atoms with van der Waals surface area (Å²) in [6, 6.07) is 8.01. The van der Waals surface area contributed by atoms with Crippen molar-refractivity contribution in [3.05, 3.63) is 47.9 Å². The van der Waals surface area contributed by atoms with E-state index in [4.69, 9.17) is 18.6 Å². The van der Waals surface area contributed by atoms with Gasteiger partial charge in [-0.25, -0.2) is 0 Å². The SMILES string of the molecule is COc1ccc(C(=O)NCC(=O)OC(C)C(=O)NCc2ccco2)cc1OC. The summed E-state index contributed by atoms with van der Waals surface area (Å²) in [5.41, 5.74) is 0.287. The zero-order chi connectivity index (χ0) is 20.5. The fourth-order valence-electron chi connectivity index (χ4n) is 2.26. The molecule has 1 aromatic heterocycles. The Morgan fingerprint density at radius 1 is 1.07 bits per heavy atom. The first-order chi connectivity index (χ1) is 13.4. The summed E-state index contributed by atoms with van der Waals surface area (Å²) < 4.78 is 20.3. The topological polar surface area (TPSA) is 116 Å². The molecule has 1 heterocycles. The van der Waals surface area contributed by atoms with Crippen LogP contribution in [0.15, 0.2) is 41.0 Å². The largest absolute Gasteiger partial charge is 0.493 e. The number of hydrogen-bond donors (Lipinski definition) is 2. The zero-order valence-electron chi connectivity index (χ0n) is 15.8. The lowest BCUT2D eigenvalue weighted by molar-refractivity contribution is -0.153. The van der Waals surface area contributed by atoms with E-state index in [1.165, 1.54) is 39.5 Å². The van der Waals surface area contributed by atoms with Crippen LogP contribution in [0.25, 0.3) is 0 Å². The molecule has 9 heteroatoms. The minimum atomic E-state index is -1.01. The molecule has 0 aliphatic carbocycles. The number of ether oxygens (including phenoxy) is 3. The van der Waals surface area contributed by atoms with Crippen LogP contribution >= 0.6 is 0 Å². The third-order valence-electron chi connectivity index (χ3n) is 3.73. The van der Waals surface area contributed by atoms with Crippen LogP contribution in [0.5, 0.6) is 11.5 Å². The molecule has 0 fully saturated rings. The molecular weight excluding hydrogens is 368 g/mol. The molecule has 0 saturated carbocycles. The van der Waals surface area contributed by atoms with Gasteiger partial charge in [0.1, 0.15) is 12.3 Å². The molecule has 2 N–H and O–H groups in total. The van der Waals surface area contributed by atoms with Crippen molar-refractivity contribution in [2.45, 2.75) is 19.6 Å². The number of rotatable bonds is 9. The van der Waals surface area contributed by atoms with Crippen molar-refractivity contribution in [1.29, 1.82) is 0 Å². The highest BCUT2D eigenvalue weighted by Crippen LogP contribution is 2.27. The number of carbonyl (C=O) groups excluding carboxylic acids is 3. The van der Waals surface area contributed by atoms with Gasteiger partial charge in [0.25, 0.3) is 11.8 Å². The Hall–Kier alpha value is -3.49. The second-order valence-corrected chi connectivity index (χ2v) is 5.68. The normalized spacial score (nSPS) is 11.2. The third-order valence-corrected chi connectivity index (χ3v) is 3.73. The van der Waals surface area contributed by atoms with Gasteiger partial charge in [-0.1, -0.05) is 0 Å². The standard InChI is InChI=1S/C19H22N2O7/c1-12(18(23)20-10-14-5-4-8-27-14)28-17(22)11-21-19(24)13-6-7-15(25-2)16(9-13)26-3/h4-9,12H,10-11H2,1-3H3,(H,20,23)(H,21,24). The predicted octanol–water partition coefficient (Wildman–Crippen LogP) is 1.27. The first kappa shape index (κ1) is 20.8. The van der Waals surface area contributed by atoms with E-state index in [2.05, 4.69) is 10.6 Å². The molecule has 2 amide bonds. The molecule has 2 aromatic rings. The summed E-state index contributed by atoms with van der Waals surface area (Å²) in [4.78, 5) is 36.0.